The van der Waals surface area contributed by atoms with Gasteiger partial charge >= 0.3 is 0 Å². The Kier molecular flexibility index (Phi) is 8.53. The number of amides is 2. The number of hydrogen-bond acceptors (Lipinski definition) is 6. The Morgan fingerprint density at radius 2 is 1.76 bits per heavy atom. The van der Waals surface area contributed by atoms with Crippen LogP contribution in [0.25, 0.3) is 21.8 Å². The van der Waals surface area contributed by atoms with Crippen molar-refractivity contribution < 1.29 is 27.2 Å². The maximum absolute atomic E-state index is 13.8. The topological polar surface area (TPSA) is 88.3 Å². The highest BCUT2D eigenvalue weighted by molar-refractivity contribution is 7.17. The molecule has 5 aromatic rings. The number of nitrogens with zero attached hydrogens (tertiary/aromatic N) is 3. The molecule has 2 amide bonds. The second-order valence-corrected chi connectivity index (χ2v) is 11.9. The zero-order chi connectivity index (χ0) is 31.7. The SMILES string of the molecule is CCCN1Cc2nc(CCc3ccc(F)cc3)c(-c3ocnc3C)c(-c3ccc(C(=O)NCc4ccc(F)c(F)c4)s3)c2C1=O. The van der Waals surface area contributed by atoms with Crippen molar-refractivity contribution in [3.05, 3.63) is 117 Å². The lowest BCUT2D eigenvalue weighted by molar-refractivity contribution is 0.0778. The van der Waals surface area contributed by atoms with Gasteiger partial charge in [-0.1, -0.05) is 25.1 Å². The molecule has 11 heteroatoms. The summed E-state index contributed by atoms with van der Waals surface area (Å²) in [5, 5.41) is 2.76. The van der Waals surface area contributed by atoms with E-state index in [1.54, 1.807) is 29.2 Å². The van der Waals surface area contributed by atoms with Crippen molar-refractivity contribution >= 4 is 23.2 Å². The van der Waals surface area contributed by atoms with Gasteiger partial charge < -0.3 is 14.6 Å². The van der Waals surface area contributed by atoms with E-state index in [0.717, 1.165) is 24.1 Å². The molecular formula is C34H29F3N4O3S. The van der Waals surface area contributed by atoms with E-state index >= 15 is 0 Å². The van der Waals surface area contributed by atoms with Crippen LogP contribution in [0.5, 0.6) is 0 Å². The van der Waals surface area contributed by atoms with Gasteiger partial charge in [0.2, 0.25) is 0 Å². The number of aryl methyl sites for hydroxylation is 3. The quantitative estimate of drug-likeness (QED) is 0.175. The van der Waals surface area contributed by atoms with Gasteiger partial charge in [-0.05, 0) is 73.7 Å². The predicted molar refractivity (Wildman–Crippen MR) is 164 cm³/mol. The fourth-order valence-electron chi connectivity index (χ4n) is 5.54. The Labute approximate surface area is 261 Å². The first-order valence-electron chi connectivity index (χ1n) is 14.6. The lowest BCUT2D eigenvalue weighted by atomic mass is 9.92. The highest BCUT2D eigenvalue weighted by atomic mass is 32.1. The number of thiophene rings is 1. The average Bonchev–Trinajstić information content (AvgIpc) is 3.76. The second kappa shape index (κ2) is 12.7. The number of nitrogens with one attached hydrogen (secondary N) is 1. The number of carbonyl (C=O) groups is 2. The fourth-order valence-corrected chi connectivity index (χ4v) is 6.52. The average molecular weight is 631 g/mol. The van der Waals surface area contributed by atoms with Gasteiger partial charge in [0.05, 0.1) is 39.6 Å². The van der Waals surface area contributed by atoms with Gasteiger partial charge in [-0.25, -0.2) is 18.2 Å². The molecule has 230 valence electrons. The Balaban J connectivity index is 1.42. The summed E-state index contributed by atoms with van der Waals surface area (Å²) in [4.78, 5) is 39.1. The molecule has 1 N–H and O–H groups in total. The van der Waals surface area contributed by atoms with Crippen LogP contribution in [-0.2, 0) is 25.9 Å². The number of benzene rings is 2. The van der Waals surface area contributed by atoms with Crippen molar-refractivity contribution in [3.63, 3.8) is 0 Å². The van der Waals surface area contributed by atoms with Crippen LogP contribution in [0.1, 0.15) is 61.6 Å². The molecule has 1 aliphatic rings. The number of halogens is 3. The van der Waals surface area contributed by atoms with Gasteiger partial charge in [-0.2, -0.15) is 0 Å². The molecule has 0 saturated carbocycles. The molecule has 0 unspecified atom stereocenters. The molecule has 0 spiro atoms. The van der Waals surface area contributed by atoms with Crippen molar-refractivity contribution in [1.82, 2.24) is 20.2 Å². The summed E-state index contributed by atoms with van der Waals surface area (Å²) < 4.78 is 46.5. The molecular weight excluding hydrogens is 601 g/mol. The van der Waals surface area contributed by atoms with Crippen molar-refractivity contribution in [2.24, 2.45) is 0 Å². The monoisotopic (exact) mass is 630 g/mol. The lowest BCUT2D eigenvalue weighted by Crippen LogP contribution is -2.24. The Morgan fingerprint density at radius 3 is 2.47 bits per heavy atom. The minimum absolute atomic E-state index is 0.00836. The van der Waals surface area contributed by atoms with Gasteiger partial charge in [0, 0.05) is 23.5 Å². The van der Waals surface area contributed by atoms with Gasteiger partial charge in [0.1, 0.15) is 5.82 Å². The lowest BCUT2D eigenvalue weighted by Gasteiger charge is -2.16. The van der Waals surface area contributed by atoms with Gasteiger partial charge in [-0.15, -0.1) is 11.3 Å². The molecule has 0 aliphatic carbocycles. The van der Waals surface area contributed by atoms with Crippen LogP contribution >= 0.6 is 11.3 Å². The maximum atomic E-state index is 13.8. The third kappa shape index (κ3) is 6.12. The van der Waals surface area contributed by atoms with Crippen molar-refractivity contribution in [2.75, 3.05) is 6.54 Å². The summed E-state index contributed by atoms with van der Waals surface area (Å²) in [6.07, 6.45) is 3.18. The highest BCUT2D eigenvalue weighted by Gasteiger charge is 2.36. The van der Waals surface area contributed by atoms with E-state index in [1.165, 1.54) is 35.9 Å². The molecule has 0 bridgehead atoms. The minimum Gasteiger partial charge on any atom is -0.443 e. The third-order valence-corrected chi connectivity index (χ3v) is 8.83. The second-order valence-electron chi connectivity index (χ2n) is 10.8. The van der Waals surface area contributed by atoms with Crippen LogP contribution in [0, 0.1) is 24.4 Å². The third-order valence-electron chi connectivity index (χ3n) is 7.73. The molecule has 3 aromatic heterocycles. The van der Waals surface area contributed by atoms with Crippen LogP contribution in [-0.4, -0.2) is 33.2 Å². The van der Waals surface area contributed by atoms with E-state index in [1.807, 2.05) is 13.8 Å². The van der Waals surface area contributed by atoms with Crippen molar-refractivity contribution in [3.8, 4) is 21.8 Å². The number of carbonyl (C=O) groups excluding carboxylic acids is 2. The van der Waals surface area contributed by atoms with E-state index in [4.69, 9.17) is 9.40 Å². The molecule has 1 aliphatic heterocycles. The molecule has 4 heterocycles. The highest BCUT2D eigenvalue weighted by Crippen LogP contribution is 2.44. The summed E-state index contributed by atoms with van der Waals surface area (Å²) in [5.41, 5.74) is 5.05. The van der Waals surface area contributed by atoms with Crippen LogP contribution in [0.2, 0.25) is 0 Å². The Bertz CT molecular complexity index is 1900. The first kappa shape index (κ1) is 30.3. The summed E-state index contributed by atoms with van der Waals surface area (Å²) in [6, 6.07) is 13.3. The van der Waals surface area contributed by atoms with E-state index in [2.05, 4.69) is 10.3 Å². The molecule has 0 fully saturated rings. The van der Waals surface area contributed by atoms with Crippen molar-refractivity contribution in [1.29, 1.82) is 0 Å². The summed E-state index contributed by atoms with van der Waals surface area (Å²) in [6.45, 7) is 4.76. The summed E-state index contributed by atoms with van der Waals surface area (Å²) in [5.74, 6) is -2.32. The molecule has 0 radical (unpaired) electrons. The normalized spacial score (nSPS) is 12.6. The molecule has 0 saturated heterocycles. The van der Waals surface area contributed by atoms with E-state index in [-0.39, 0.29) is 18.3 Å². The number of pyridine rings is 1. The number of aromatic nitrogens is 2. The minimum atomic E-state index is -0.987. The zero-order valence-corrected chi connectivity index (χ0v) is 25.4. The zero-order valence-electron chi connectivity index (χ0n) is 24.6. The van der Waals surface area contributed by atoms with E-state index in [0.29, 0.717) is 80.8 Å². The van der Waals surface area contributed by atoms with Crippen LogP contribution in [0.15, 0.2) is 65.4 Å². The fraction of sp³-hybridized carbons (Fsp3) is 0.235. The van der Waals surface area contributed by atoms with Crippen LogP contribution in [0.4, 0.5) is 13.2 Å². The Morgan fingerprint density at radius 1 is 0.978 bits per heavy atom. The Hall–Kier alpha value is -4.77. The first-order valence-corrected chi connectivity index (χ1v) is 15.4. The predicted octanol–water partition coefficient (Wildman–Crippen LogP) is 7.27. The summed E-state index contributed by atoms with van der Waals surface area (Å²) in [7, 11) is 0. The van der Waals surface area contributed by atoms with Gasteiger partial charge in [0.15, 0.2) is 23.8 Å². The van der Waals surface area contributed by atoms with Gasteiger partial charge in [0.25, 0.3) is 11.8 Å². The largest absolute Gasteiger partial charge is 0.443 e. The molecule has 6 rings (SSSR count). The number of rotatable bonds is 10. The molecule has 2 aromatic carbocycles. The molecule has 45 heavy (non-hydrogen) atoms. The van der Waals surface area contributed by atoms with Crippen molar-refractivity contribution in [2.45, 2.75) is 46.2 Å². The van der Waals surface area contributed by atoms with E-state index in [9.17, 15) is 22.8 Å². The maximum Gasteiger partial charge on any atom is 0.261 e. The number of hydrogen-bond donors (Lipinski definition) is 1. The summed E-state index contributed by atoms with van der Waals surface area (Å²) >= 11 is 1.21. The molecule has 7 nitrogen and oxygen atoms in total. The number of fused-ring (bicyclic) bond motifs is 1. The number of oxazole rings is 1. The van der Waals surface area contributed by atoms with E-state index < -0.39 is 17.5 Å². The first-order chi connectivity index (χ1) is 21.7. The smallest absolute Gasteiger partial charge is 0.261 e. The standard InChI is InChI=1S/C34H29F3N4O3S/c1-3-14-41-17-26-30(34(41)43)31(27-12-13-28(45-27)33(42)38-16-21-6-10-23(36)24(37)15-21)29(32-19(2)39-18-44-32)25(40-26)11-7-20-4-8-22(35)9-5-20/h4-6,8-10,12-13,15,18H,3,7,11,14,16-17H2,1-2H3,(H,38,42). The molecule has 0 atom stereocenters. The van der Waals surface area contributed by atoms with Gasteiger partial charge in [-0.3, -0.25) is 14.6 Å². The van der Waals surface area contributed by atoms with Crippen LogP contribution in [0.3, 0.4) is 0 Å². The van der Waals surface area contributed by atoms with Crippen LogP contribution < -0.4 is 5.32 Å².